The number of alkyl halides is 3. The molecule has 1 saturated heterocycles. The molecule has 78 valence electrons. The first-order valence-corrected chi connectivity index (χ1v) is 5.09. The molecular weight excluding hydrogens is 238 g/mol. The van der Waals surface area contributed by atoms with Gasteiger partial charge in [-0.3, -0.25) is 4.79 Å². The lowest BCUT2D eigenvalue weighted by molar-refractivity contribution is -0.139. The standard InChI is InChI=1S/C6H10O3.CHCl3/c7-6(8)4-5-2-1-3-9-5;2-1(3)4/h5H,1-4H2,(H,7,8);1H. The van der Waals surface area contributed by atoms with Crippen molar-refractivity contribution in [2.75, 3.05) is 6.61 Å². The van der Waals surface area contributed by atoms with Gasteiger partial charge in [0.05, 0.1) is 12.5 Å². The Labute approximate surface area is 91.9 Å². The molecule has 0 aliphatic carbocycles. The molecule has 0 aromatic heterocycles. The van der Waals surface area contributed by atoms with Crippen molar-refractivity contribution in [1.82, 2.24) is 0 Å². The summed E-state index contributed by atoms with van der Waals surface area (Å²) in [5.41, 5.74) is 0. The highest BCUT2D eigenvalue weighted by molar-refractivity contribution is 6.63. The van der Waals surface area contributed by atoms with Crippen molar-refractivity contribution in [3.05, 3.63) is 0 Å². The van der Waals surface area contributed by atoms with Crippen LogP contribution in [-0.2, 0) is 9.53 Å². The van der Waals surface area contributed by atoms with Crippen LogP contribution in [0.3, 0.4) is 0 Å². The summed E-state index contributed by atoms with van der Waals surface area (Å²) < 4.78 is 4.33. The molecule has 13 heavy (non-hydrogen) atoms. The maximum Gasteiger partial charge on any atom is 0.305 e. The molecule has 0 aromatic rings. The summed E-state index contributed by atoms with van der Waals surface area (Å²) in [6, 6.07) is 0. The van der Waals surface area contributed by atoms with Gasteiger partial charge in [0.25, 0.3) is 0 Å². The van der Waals surface area contributed by atoms with Crippen LogP contribution in [0, 0.1) is 0 Å². The minimum absolute atomic E-state index is 0.0116. The molecule has 1 N–H and O–H groups in total. The predicted octanol–water partition coefficient (Wildman–Crippen LogP) is 2.63. The highest BCUT2D eigenvalue weighted by atomic mass is 35.6. The van der Waals surface area contributed by atoms with Gasteiger partial charge < -0.3 is 9.84 Å². The summed E-state index contributed by atoms with van der Waals surface area (Å²) in [6.07, 6.45) is 2.08. The molecule has 1 rings (SSSR count). The Hall–Kier alpha value is 0.300. The summed E-state index contributed by atoms with van der Waals surface area (Å²) in [5, 5.41) is 8.29. The zero-order chi connectivity index (χ0) is 10.3. The fourth-order valence-electron chi connectivity index (χ4n) is 1.00. The summed E-state index contributed by atoms with van der Waals surface area (Å²) in [4.78, 5) is 10.1. The maximum atomic E-state index is 10.1. The van der Waals surface area contributed by atoms with E-state index in [2.05, 4.69) is 0 Å². The lowest BCUT2D eigenvalue weighted by Gasteiger charge is -2.02. The fourth-order valence-corrected chi connectivity index (χ4v) is 1.00. The zero-order valence-electron chi connectivity index (χ0n) is 6.88. The number of rotatable bonds is 2. The SMILES string of the molecule is ClC(Cl)Cl.O=C(O)CC1CCCO1. The van der Waals surface area contributed by atoms with Crippen molar-refractivity contribution in [3.8, 4) is 0 Å². The van der Waals surface area contributed by atoms with Crippen molar-refractivity contribution in [2.24, 2.45) is 0 Å². The Bertz CT molecular complexity index is 143. The molecule has 1 aliphatic rings. The first-order valence-electron chi connectivity index (χ1n) is 3.78. The van der Waals surface area contributed by atoms with E-state index in [-0.39, 0.29) is 12.5 Å². The van der Waals surface area contributed by atoms with Crippen LogP contribution in [0.1, 0.15) is 19.3 Å². The third-order valence-electron chi connectivity index (χ3n) is 1.43. The topological polar surface area (TPSA) is 46.5 Å². The van der Waals surface area contributed by atoms with Gasteiger partial charge in [0.1, 0.15) is 0 Å². The van der Waals surface area contributed by atoms with Crippen LogP contribution >= 0.6 is 34.8 Å². The van der Waals surface area contributed by atoms with Gasteiger partial charge in [-0.1, -0.05) is 34.8 Å². The molecule has 0 amide bonds. The van der Waals surface area contributed by atoms with Crippen LogP contribution in [-0.4, -0.2) is 28.1 Å². The molecular formula is C7H11Cl3O3. The van der Waals surface area contributed by atoms with E-state index in [1.807, 2.05) is 0 Å². The molecule has 0 aromatic carbocycles. The van der Waals surface area contributed by atoms with Gasteiger partial charge in [0.15, 0.2) is 4.30 Å². The minimum Gasteiger partial charge on any atom is -0.481 e. The highest BCUT2D eigenvalue weighted by Gasteiger charge is 2.17. The van der Waals surface area contributed by atoms with Crippen molar-refractivity contribution < 1.29 is 14.6 Å². The molecule has 1 aliphatic heterocycles. The Kier molecular flexibility index (Phi) is 7.86. The van der Waals surface area contributed by atoms with Crippen LogP contribution in [0.15, 0.2) is 0 Å². The smallest absolute Gasteiger partial charge is 0.305 e. The number of halogens is 3. The van der Waals surface area contributed by atoms with E-state index in [4.69, 9.17) is 44.6 Å². The maximum absolute atomic E-state index is 10.1. The largest absolute Gasteiger partial charge is 0.481 e. The molecule has 0 spiro atoms. The average Bonchev–Trinajstić information content (AvgIpc) is 2.36. The second-order valence-corrected chi connectivity index (χ2v) is 4.46. The molecule has 1 heterocycles. The molecule has 1 fully saturated rings. The number of carboxylic acids is 1. The number of carboxylic acid groups (broad SMARTS) is 1. The summed E-state index contributed by atoms with van der Waals surface area (Å²) in [6.45, 7) is 0.734. The fraction of sp³-hybridized carbons (Fsp3) is 0.857. The van der Waals surface area contributed by atoms with E-state index in [1.165, 1.54) is 0 Å². The summed E-state index contributed by atoms with van der Waals surface area (Å²) in [7, 11) is 0. The van der Waals surface area contributed by atoms with E-state index in [0.717, 1.165) is 19.4 Å². The number of ether oxygens (including phenoxy) is 1. The quantitative estimate of drug-likeness (QED) is 0.765. The average molecular weight is 250 g/mol. The molecule has 0 bridgehead atoms. The van der Waals surface area contributed by atoms with Crippen LogP contribution in [0.4, 0.5) is 0 Å². The Morgan fingerprint density at radius 1 is 1.54 bits per heavy atom. The monoisotopic (exact) mass is 248 g/mol. The van der Waals surface area contributed by atoms with E-state index < -0.39 is 10.3 Å². The van der Waals surface area contributed by atoms with Gasteiger partial charge in [-0.15, -0.1) is 0 Å². The first kappa shape index (κ1) is 13.3. The zero-order valence-corrected chi connectivity index (χ0v) is 9.15. The molecule has 0 radical (unpaired) electrons. The predicted molar refractivity (Wildman–Crippen MR) is 52.6 cm³/mol. The normalized spacial score (nSPS) is 21.1. The van der Waals surface area contributed by atoms with E-state index in [0.29, 0.717) is 0 Å². The van der Waals surface area contributed by atoms with E-state index in [1.54, 1.807) is 0 Å². The second kappa shape index (κ2) is 7.68. The molecule has 1 atom stereocenters. The minimum atomic E-state index is -0.762. The van der Waals surface area contributed by atoms with Gasteiger partial charge in [0.2, 0.25) is 0 Å². The molecule has 6 heteroatoms. The van der Waals surface area contributed by atoms with Crippen LogP contribution in [0.5, 0.6) is 0 Å². The summed E-state index contributed by atoms with van der Waals surface area (Å²) >= 11 is 14.4. The number of hydrogen-bond acceptors (Lipinski definition) is 2. The molecule has 0 saturated carbocycles. The van der Waals surface area contributed by atoms with Crippen molar-refractivity contribution in [1.29, 1.82) is 0 Å². The highest BCUT2D eigenvalue weighted by Crippen LogP contribution is 2.14. The third kappa shape index (κ3) is 10.2. The van der Waals surface area contributed by atoms with Crippen LogP contribution in [0.2, 0.25) is 0 Å². The van der Waals surface area contributed by atoms with Crippen LogP contribution < -0.4 is 0 Å². The van der Waals surface area contributed by atoms with E-state index >= 15 is 0 Å². The third-order valence-corrected chi connectivity index (χ3v) is 1.43. The first-order chi connectivity index (χ1) is 6.02. The Balaban J connectivity index is 0.000000310. The summed E-state index contributed by atoms with van der Waals surface area (Å²) in [5.74, 6) is -0.762. The second-order valence-electron chi connectivity index (χ2n) is 2.48. The molecule has 3 nitrogen and oxygen atoms in total. The Morgan fingerprint density at radius 3 is 2.38 bits per heavy atom. The number of carbonyl (C=O) groups is 1. The van der Waals surface area contributed by atoms with Gasteiger partial charge in [-0.05, 0) is 12.8 Å². The number of hydrogen-bond donors (Lipinski definition) is 1. The van der Waals surface area contributed by atoms with Gasteiger partial charge in [0, 0.05) is 6.61 Å². The number of aliphatic carboxylic acids is 1. The van der Waals surface area contributed by atoms with Gasteiger partial charge >= 0.3 is 5.97 Å². The molecule has 1 unspecified atom stereocenters. The Morgan fingerprint density at radius 2 is 2.08 bits per heavy atom. The van der Waals surface area contributed by atoms with Gasteiger partial charge in [-0.25, -0.2) is 0 Å². The van der Waals surface area contributed by atoms with Crippen molar-refractivity contribution in [2.45, 2.75) is 29.7 Å². The lowest BCUT2D eigenvalue weighted by Crippen LogP contribution is -2.10. The van der Waals surface area contributed by atoms with E-state index in [9.17, 15) is 4.79 Å². The van der Waals surface area contributed by atoms with Gasteiger partial charge in [-0.2, -0.15) is 0 Å². The van der Waals surface area contributed by atoms with Crippen molar-refractivity contribution in [3.63, 3.8) is 0 Å². The van der Waals surface area contributed by atoms with Crippen molar-refractivity contribution >= 4 is 40.8 Å². The lowest BCUT2D eigenvalue weighted by atomic mass is 10.2. The van der Waals surface area contributed by atoms with Crippen LogP contribution in [0.25, 0.3) is 0 Å².